The number of ether oxygens (including phenoxy) is 3. The SMILES string of the molecule is COc1ccc(C(=O)Oc2ccc(/C=C/C(=O)OCCC#N)c(C)c2)cc1. The summed E-state index contributed by atoms with van der Waals surface area (Å²) in [5, 5.41) is 8.41. The summed E-state index contributed by atoms with van der Waals surface area (Å²) in [6.45, 7) is 1.91. The second-order valence-electron chi connectivity index (χ2n) is 5.55. The predicted octanol–water partition coefficient (Wildman–Crippen LogP) is 3.69. The van der Waals surface area contributed by atoms with Crippen LogP contribution in [0, 0.1) is 18.3 Å². The van der Waals surface area contributed by atoms with Gasteiger partial charge in [-0.3, -0.25) is 0 Å². The van der Waals surface area contributed by atoms with Crippen LogP contribution >= 0.6 is 0 Å². The molecule has 2 rings (SSSR count). The minimum Gasteiger partial charge on any atom is -0.497 e. The number of nitriles is 1. The Labute approximate surface area is 157 Å². The number of hydrogen-bond acceptors (Lipinski definition) is 6. The van der Waals surface area contributed by atoms with Crippen molar-refractivity contribution < 1.29 is 23.8 Å². The Morgan fingerprint density at radius 2 is 1.81 bits per heavy atom. The lowest BCUT2D eigenvalue weighted by molar-refractivity contribution is -0.137. The summed E-state index contributed by atoms with van der Waals surface area (Å²) in [4.78, 5) is 23.7. The van der Waals surface area contributed by atoms with Gasteiger partial charge in [-0.25, -0.2) is 9.59 Å². The molecule has 2 aromatic carbocycles. The summed E-state index contributed by atoms with van der Waals surface area (Å²) in [6.07, 6.45) is 3.06. The Hall–Kier alpha value is -3.59. The van der Waals surface area contributed by atoms with Crippen LogP contribution in [0.1, 0.15) is 27.9 Å². The van der Waals surface area contributed by atoms with Crippen LogP contribution in [0.4, 0.5) is 0 Å². The van der Waals surface area contributed by atoms with E-state index in [0.29, 0.717) is 17.1 Å². The summed E-state index contributed by atoms with van der Waals surface area (Å²) < 4.78 is 15.3. The van der Waals surface area contributed by atoms with Crippen LogP contribution in [0.25, 0.3) is 6.08 Å². The monoisotopic (exact) mass is 365 g/mol. The Morgan fingerprint density at radius 3 is 2.44 bits per heavy atom. The van der Waals surface area contributed by atoms with E-state index in [1.807, 2.05) is 13.0 Å². The molecule has 0 N–H and O–H groups in total. The number of aryl methyl sites for hydroxylation is 1. The third-order valence-corrected chi connectivity index (χ3v) is 3.63. The van der Waals surface area contributed by atoms with Crippen molar-refractivity contribution in [2.24, 2.45) is 0 Å². The van der Waals surface area contributed by atoms with Gasteiger partial charge in [0.05, 0.1) is 25.2 Å². The molecule has 0 unspecified atom stereocenters. The largest absolute Gasteiger partial charge is 0.497 e. The highest BCUT2D eigenvalue weighted by atomic mass is 16.5. The molecule has 0 radical (unpaired) electrons. The highest BCUT2D eigenvalue weighted by Crippen LogP contribution is 2.20. The molecule has 2 aromatic rings. The molecule has 0 aliphatic rings. The minimum atomic E-state index is -0.514. The number of esters is 2. The first-order valence-corrected chi connectivity index (χ1v) is 8.22. The van der Waals surface area contributed by atoms with E-state index in [2.05, 4.69) is 0 Å². The second-order valence-corrected chi connectivity index (χ2v) is 5.55. The molecule has 0 heterocycles. The Morgan fingerprint density at radius 1 is 1.11 bits per heavy atom. The summed E-state index contributed by atoms with van der Waals surface area (Å²) in [5.74, 6) is 0.0767. The molecule has 0 spiro atoms. The first-order chi connectivity index (χ1) is 13.0. The third kappa shape index (κ3) is 6.01. The van der Waals surface area contributed by atoms with E-state index in [-0.39, 0.29) is 13.0 Å². The van der Waals surface area contributed by atoms with Gasteiger partial charge in [-0.05, 0) is 60.5 Å². The van der Waals surface area contributed by atoms with Gasteiger partial charge in [0.1, 0.15) is 18.1 Å². The van der Waals surface area contributed by atoms with Crippen molar-refractivity contribution in [2.75, 3.05) is 13.7 Å². The van der Waals surface area contributed by atoms with Gasteiger partial charge >= 0.3 is 11.9 Å². The van der Waals surface area contributed by atoms with E-state index in [1.165, 1.54) is 6.08 Å². The fourth-order valence-corrected chi connectivity index (χ4v) is 2.19. The maximum Gasteiger partial charge on any atom is 0.343 e. The third-order valence-electron chi connectivity index (χ3n) is 3.63. The fraction of sp³-hybridized carbons (Fsp3) is 0.190. The van der Waals surface area contributed by atoms with Gasteiger partial charge in [0.2, 0.25) is 0 Å². The zero-order valence-electron chi connectivity index (χ0n) is 15.1. The van der Waals surface area contributed by atoms with Crippen LogP contribution < -0.4 is 9.47 Å². The zero-order chi connectivity index (χ0) is 19.6. The summed E-state index contributed by atoms with van der Waals surface area (Å²) in [7, 11) is 1.55. The number of carbonyl (C=O) groups is 2. The van der Waals surface area contributed by atoms with Crippen molar-refractivity contribution in [1.29, 1.82) is 5.26 Å². The van der Waals surface area contributed by atoms with Crippen molar-refractivity contribution in [3.63, 3.8) is 0 Å². The molecule has 0 atom stereocenters. The number of methoxy groups -OCH3 is 1. The van der Waals surface area contributed by atoms with Crippen LogP contribution in [0.3, 0.4) is 0 Å². The van der Waals surface area contributed by atoms with Gasteiger partial charge in [-0.15, -0.1) is 0 Å². The maximum atomic E-state index is 12.2. The van der Waals surface area contributed by atoms with Gasteiger partial charge in [-0.2, -0.15) is 5.26 Å². The second kappa shape index (κ2) is 9.78. The summed E-state index contributed by atoms with van der Waals surface area (Å²) in [6, 6.07) is 13.6. The minimum absolute atomic E-state index is 0.0684. The van der Waals surface area contributed by atoms with Gasteiger partial charge in [-0.1, -0.05) is 6.07 Å². The highest BCUT2D eigenvalue weighted by molar-refractivity contribution is 5.91. The molecule has 0 bridgehead atoms. The standard InChI is InChI=1S/C21H19NO5/c1-15-14-19(27-21(24)17-5-8-18(25-2)9-6-17)10-4-16(15)7-11-20(23)26-13-3-12-22/h4-11,14H,3,13H2,1-2H3/b11-7+. The molecule has 6 nitrogen and oxygen atoms in total. The number of hydrogen-bond donors (Lipinski definition) is 0. The molecular weight excluding hydrogens is 346 g/mol. The van der Waals surface area contributed by atoms with Crippen molar-refractivity contribution in [2.45, 2.75) is 13.3 Å². The summed E-state index contributed by atoms with van der Waals surface area (Å²) in [5.41, 5.74) is 2.03. The van der Waals surface area contributed by atoms with E-state index < -0.39 is 11.9 Å². The Bertz CT molecular complexity index is 878. The van der Waals surface area contributed by atoms with Crippen molar-refractivity contribution in [1.82, 2.24) is 0 Å². The molecule has 27 heavy (non-hydrogen) atoms. The van der Waals surface area contributed by atoms with Crippen LogP contribution in [-0.2, 0) is 9.53 Å². The average Bonchev–Trinajstić information content (AvgIpc) is 2.67. The molecule has 0 amide bonds. The van der Waals surface area contributed by atoms with Gasteiger partial charge in [0.25, 0.3) is 0 Å². The number of nitrogens with zero attached hydrogens (tertiary/aromatic N) is 1. The van der Waals surface area contributed by atoms with Gasteiger partial charge in [0, 0.05) is 6.08 Å². The van der Waals surface area contributed by atoms with Crippen LogP contribution in [0.15, 0.2) is 48.5 Å². The molecule has 0 saturated heterocycles. The Kier molecular flexibility index (Phi) is 7.15. The zero-order valence-corrected chi connectivity index (χ0v) is 15.1. The quantitative estimate of drug-likeness (QED) is 0.322. The van der Waals surface area contributed by atoms with Crippen molar-refractivity contribution >= 4 is 18.0 Å². The molecule has 0 saturated carbocycles. The molecule has 0 aliphatic heterocycles. The van der Waals surface area contributed by atoms with E-state index >= 15 is 0 Å². The molecule has 0 aromatic heterocycles. The normalized spacial score (nSPS) is 10.3. The maximum absolute atomic E-state index is 12.2. The lowest BCUT2D eigenvalue weighted by Crippen LogP contribution is -2.08. The average molecular weight is 365 g/mol. The van der Waals surface area contributed by atoms with Crippen molar-refractivity contribution in [3.05, 3.63) is 65.2 Å². The smallest absolute Gasteiger partial charge is 0.343 e. The van der Waals surface area contributed by atoms with Crippen LogP contribution in [0.2, 0.25) is 0 Å². The summed E-state index contributed by atoms with van der Waals surface area (Å²) >= 11 is 0. The van der Waals surface area contributed by atoms with Crippen molar-refractivity contribution in [3.8, 4) is 17.6 Å². The number of rotatable bonds is 7. The topological polar surface area (TPSA) is 85.6 Å². The van der Waals surface area contributed by atoms with Crippen LogP contribution in [0.5, 0.6) is 11.5 Å². The first-order valence-electron chi connectivity index (χ1n) is 8.22. The van der Waals surface area contributed by atoms with Gasteiger partial charge in [0.15, 0.2) is 0 Å². The number of benzene rings is 2. The molecule has 0 fully saturated rings. The number of carbonyl (C=O) groups excluding carboxylic acids is 2. The first kappa shape index (κ1) is 19.7. The fourth-order valence-electron chi connectivity index (χ4n) is 2.19. The highest BCUT2D eigenvalue weighted by Gasteiger charge is 2.09. The molecule has 0 aliphatic carbocycles. The molecule has 6 heteroatoms. The van der Waals surface area contributed by atoms with Gasteiger partial charge < -0.3 is 14.2 Å². The van der Waals surface area contributed by atoms with Crippen LogP contribution in [-0.4, -0.2) is 25.7 Å². The lowest BCUT2D eigenvalue weighted by atomic mass is 10.1. The Balaban J connectivity index is 2.00. The van der Waals surface area contributed by atoms with E-state index in [1.54, 1.807) is 55.7 Å². The molecular formula is C21H19NO5. The lowest BCUT2D eigenvalue weighted by Gasteiger charge is -2.08. The predicted molar refractivity (Wildman–Crippen MR) is 99.4 cm³/mol. The van der Waals surface area contributed by atoms with E-state index in [9.17, 15) is 9.59 Å². The molecule has 138 valence electrons. The van der Waals surface area contributed by atoms with E-state index in [4.69, 9.17) is 19.5 Å². The van der Waals surface area contributed by atoms with E-state index in [0.717, 1.165) is 11.1 Å².